The van der Waals surface area contributed by atoms with Gasteiger partial charge in [-0.15, -0.1) is 0 Å². The van der Waals surface area contributed by atoms with Crippen LogP contribution in [0.25, 0.3) is 11.0 Å². The van der Waals surface area contributed by atoms with Crippen LogP contribution in [0.2, 0.25) is 0 Å². The highest BCUT2D eigenvalue weighted by Crippen LogP contribution is 2.31. The Morgan fingerprint density at radius 1 is 1.17 bits per heavy atom. The molecule has 4 N–H and O–H groups in total. The van der Waals surface area contributed by atoms with E-state index in [0.29, 0.717) is 22.8 Å². The van der Waals surface area contributed by atoms with Crippen molar-refractivity contribution in [1.29, 1.82) is 0 Å². The molecule has 2 heterocycles. The summed E-state index contributed by atoms with van der Waals surface area (Å²) in [5.74, 6) is 0.323. The molecule has 2 aromatic heterocycles. The number of benzene rings is 1. The van der Waals surface area contributed by atoms with E-state index in [2.05, 4.69) is 25.7 Å². The van der Waals surface area contributed by atoms with Gasteiger partial charge < -0.3 is 15.4 Å². The van der Waals surface area contributed by atoms with Crippen molar-refractivity contribution >= 4 is 38.8 Å². The van der Waals surface area contributed by atoms with E-state index in [4.69, 9.17) is 9.88 Å². The van der Waals surface area contributed by atoms with E-state index in [0.717, 1.165) is 31.1 Å². The van der Waals surface area contributed by atoms with Crippen LogP contribution < -0.4 is 15.8 Å². The van der Waals surface area contributed by atoms with Gasteiger partial charge in [-0.25, -0.2) is 28.0 Å². The summed E-state index contributed by atoms with van der Waals surface area (Å²) in [7, 11) is -3.85. The van der Waals surface area contributed by atoms with E-state index in [1.807, 2.05) is 25.5 Å². The molecule has 0 radical (unpaired) electrons. The largest absolute Gasteiger partial charge is 0.444 e. The number of amides is 1. The number of rotatable bonds is 5. The summed E-state index contributed by atoms with van der Waals surface area (Å²) in [6, 6.07) is 5.08. The molecule has 0 spiro atoms. The molecule has 0 saturated heterocycles. The van der Waals surface area contributed by atoms with Gasteiger partial charge >= 0.3 is 6.09 Å². The average molecular weight is 502 g/mol. The summed E-state index contributed by atoms with van der Waals surface area (Å²) in [5, 5.41) is 16.7. The van der Waals surface area contributed by atoms with Crippen molar-refractivity contribution < 1.29 is 17.9 Å². The van der Waals surface area contributed by atoms with Gasteiger partial charge in [-0.3, -0.25) is 0 Å². The molecule has 4 rings (SSSR count). The zero-order valence-corrected chi connectivity index (χ0v) is 21.1. The van der Waals surface area contributed by atoms with E-state index >= 15 is 0 Å². The second kappa shape index (κ2) is 9.42. The van der Waals surface area contributed by atoms with E-state index < -0.39 is 21.7 Å². The van der Waals surface area contributed by atoms with Crippen LogP contribution in [0.15, 0.2) is 35.5 Å². The number of carbonyl (C=O) groups is 1. The molecule has 1 aromatic carbocycles. The highest BCUT2D eigenvalue weighted by molar-refractivity contribution is 7.89. The smallest absolute Gasteiger partial charge is 0.407 e. The lowest BCUT2D eigenvalue weighted by molar-refractivity contribution is 0.0487. The number of aryl methyl sites for hydroxylation is 1. The minimum absolute atomic E-state index is 0.0466. The number of hydrogen-bond donors (Lipinski definition) is 3. The summed E-state index contributed by atoms with van der Waals surface area (Å²) >= 11 is 0. The number of sulfonamides is 1. The zero-order chi connectivity index (χ0) is 25.4. The Kier molecular flexibility index (Phi) is 6.69. The third-order valence-corrected chi connectivity index (χ3v) is 6.90. The average Bonchev–Trinajstić information content (AvgIpc) is 3.17. The number of nitrogens with two attached hydrogens (primary N) is 1. The summed E-state index contributed by atoms with van der Waals surface area (Å²) in [4.78, 5) is 21.1. The van der Waals surface area contributed by atoms with Crippen molar-refractivity contribution in [3.05, 3.63) is 36.2 Å². The SMILES string of the molecule is Cc1ccc(Nc2ncc3cnn(C4CCC(NC(=O)OC(C)(C)C)CC4)c3n2)cc1S(N)(=O)=O. The highest BCUT2D eigenvalue weighted by atomic mass is 32.2. The van der Waals surface area contributed by atoms with Gasteiger partial charge in [-0.05, 0) is 71.1 Å². The fraction of sp³-hybridized carbons (Fsp3) is 0.478. The molecule has 0 aliphatic heterocycles. The number of primary sulfonamides is 1. The molecule has 1 saturated carbocycles. The molecule has 0 unspecified atom stereocenters. The van der Waals surface area contributed by atoms with Crippen LogP contribution in [0.1, 0.15) is 58.1 Å². The van der Waals surface area contributed by atoms with Crippen LogP contribution in [0.3, 0.4) is 0 Å². The fourth-order valence-electron chi connectivity index (χ4n) is 4.22. The van der Waals surface area contributed by atoms with Gasteiger partial charge in [0.2, 0.25) is 16.0 Å². The molecule has 1 aliphatic rings. The molecular formula is C23H31N7O4S. The number of hydrogen-bond acceptors (Lipinski definition) is 8. The first-order valence-corrected chi connectivity index (χ1v) is 13.0. The summed E-state index contributed by atoms with van der Waals surface area (Å²) in [5.41, 5.74) is 1.23. The maximum atomic E-state index is 12.1. The number of nitrogens with one attached hydrogen (secondary N) is 2. The Morgan fingerprint density at radius 3 is 2.54 bits per heavy atom. The molecule has 1 fully saturated rings. The molecule has 0 atom stereocenters. The first kappa shape index (κ1) is 24.9. The Labute approximate surface area is 204 Å². The lowest BCUT2D eigenvalue weighted by Gasteiger charge is -2.30. The maximum Gasteiger partial charge on any atom is 0.407 e. The van der Waals surface area contributed by atoms with Crippen molar-refractivity contribution in [2.24, 2.45) is 5.14 Å². The van der Waals surface area contributed by atoms with E-state index in [1.54, 1.807) is 31.5 Å². The molecule has 0 bridgehead atoms. The highest BCUT2D eigenvalue weighted by Gasteiger charge is 2.27. The van der Waals surface area contributed by atoms with Crippen molar-refractivity contribution in [1.82, 2.24) is 25.1 Å². The molecule has 1 aliphatic carbocycles. The number of anilines is 2. The molecule has 3 aromatic rings. The van der Waals surface area contributed by atoms with Gasteiger partial charge in [-0.2, -0.15) is 10.1 Å². The van der Waals surface area contributed by atoms with Crippen LogP contribution in [0, 0.1) is 6.92 Å². The molecule has 11 nitrogen and oxygen atoms in total. The van der Waals surface area contributed by atoms with Crippen molar-refractivity contribution in [3.63, 3.8) is 0 Å². The van der Waals surface area contributed by atoms with E-state index in [-0.39, 0.29) is 17.0 Å². The Hall–Kier alpha value is -3.25. The fourth-order valence-corrected chi connectivity index (χ4v) is 5.02. The molecular weight excluding hydrogens is 470 g/mol. The first-order chi connectivity index (χ1) is 16.4. The number of aromatic nitrogens is 4. The topological polar surface area (TPSA) is 154 Å². The number of nitrogens with zero attached hydrogens (tertiary/aromatic N) is 4. The minimum atomic E-state index is -3.85. The lowest BCUT2D eigenvalue weighted by atomic mass is 9.91. The minimum Gasteiger partial charge on any atom is -0.444 e. The zero-order valence-electron chi connectivity index (χ0n) is 20.3. The van der Waals surface area contributed by atoms with Gasteiger partial charge in [0.15, 0.2) is 5.65 Å². The Bertz CT molecular complexity index is 1340. The number of ether oxygens (including phenoxy) is 1. The normalized spacial score (nSPS) is 18.9. The second-order valence-electron chi connectivity index (χ2n) is 9.86. The molecule has 1 amide bonds. The van der Waals surface area contributed by atoms with Crippen molar-refractivity contribution in [2.45, 2.75) is 76.0 Å². The van der Waals surface area contributed by atoms with Gasteiger partial charge in [0.25, 0.3) is 0 Å². The summed E-state index contributed by atoms with van der Waals surface area (Å²) in [6.07, 6.45) is 6.30. The number of fused-ring (bicyclic) bond motifs is 1. The van der Waals surface area contributed by atoms with Gasteiger partial charge in [0.05, 0.1) is 22.5 Å². The third-order valence-electron chi connectivity index (χ3n) is 5.85. The number of carbonyl (C=O) groups excluding carboxylic acids is 1. The molecule has 188 valence electrons. The first-order valence-electron chi connectivity index (χ1n) is 11.5. The second-order valence-corrected chi connectivity index (χ2v) is 11.4. The Morgan fingerprint density at radius 2 is 1.89 bits per heavy atom. The van der Waals surface area contributed by atoms with E-state index in [1.165, 1.54) is 6.07 Å². The van der Waals surface area contributed by atoms with Crippen LogP contribution >= 0.6 is 0 Å². The predicted octanol–water partition coefficient (Wildman–Crippen LogP) is 3.53. The number of alkyl carbamates (subject to hydrolysis) is 1. The third kappa shape index (κ3) is 6.06. The maximum absolute atomic E-state index is 12.1. The summed E-state index contributed by atoms with van der Waals surface area (Å²) < 4.78 is 30.9. The van der Waals surface area contributed by atoms with Gasteiger partial charge in [0.1, 0.15) is 5.60 Å². The quantitative estimate of drug-likeness (QED) is 0.480. The van der Waals surface area contributed by atoms with Crippen molar-refractivity contribution in [2.75, 3.05) is 5.32 Å². The summed E-state index contributed by atoms with van der Waals surface area (Å²) in [6.45, 7) is 7.21. The molecule has 12 heteroatoms. The van der Waals surface area contributed by atoms with Crippen LogP contribution in [0.4, 0.5) is 16.4 Å². The molecule has 35 heavy (non-hydrogen) atoms. The lowest BCUT2D eigenvalue weighted by Crippen LogP contribution is -2.41. The van der Waals surface area contributed by atoms with Crippen LogP contribution in [-0.4, -0.2) is 45.9 Å². The Balaban J connectivity index is 1.47. The standard InChI is InChI=1S/C23H31N7O4S/c1-14-5-6-17(11-19(14)35(24,32)33)27-21-25-12-15-13-26-30(20(15)29-21)18-9-7-16(8-10-18)28-22(31)34-23(2,3)4/h5-6,11-13,16,18H,7-10H2,1-4H3,(H,28,31)(H2,24,32,33)(H,25,27,29). The van der Waals surface area contributed by atoms with Gasteiger partial charge in [-0.1, -0.05) is 6.07 Å². The van der Waals surface area contributed by atoms with Gasteiger partial charge in [0, 0.05) is 17.9 Å². The monoisotopic (exact) mass is 501 g/mol. The van der Waals surface area contributed by atoms with Crippen LogP contribution in [0.5, 0.6) is 0 Å². The predicted molar refractivity (Wildman–Crippen MR) is 132 cm³/mol. The van der Waals surface area contributed by atoms with E-state index in [9.17, 15) is 13.2 Å². The van der Waals surface area contributed by atoms with Crippen LogP contribution in [-0.2, 0) is 14.8 Å². The van der Waals surface area contributed by atoms with Crippen molar-refractivity contribution in [3.8, 4) is 0 Å².